The Balaban J connectivity index is 1.62. The minimum absolute atomic E-state index is 0.214. The lowest BCUT2D eigenvalue weighted by Crippen LogP contribution is -2.41. The Morgan fingerprint density at radius 2 is 2.00 bits per heavy atom. The molecule has 1 heterocycles. The monoisotopic (exact) mass is 331 g/mol. The zero-order valence-electron chi connectivity index (χ0n) is 13.3. The molecule has 5 heteroatoms. The Labute approximate surface area is 141 Å². The molecule has 1 aromatic heterocycles. The second kappa shape index (κ2) is 7.09. The Bertz CT molecular complexity index is 645. The molecule has 1 aromatic carbocycles. The van der Waals surface area contributed by atoms with Crippen molar-refractivity contribution >= 4 is 17.6 Å². The zero-order chi connectivity index (χ0) is 16.1. The fourth-order valence-electron chi connectivity index (χ4n) is 2.68. The highest BCUT2D eigenvalue weighted by Gasteiger charge is 2.44. The van der Waals surface area contributed by atoms with Crippen molar-refractivity contribution < 1.29 is 4.42 Å². The Kier molecular flexibility index (Phi) is 4.91. The van der Waals surface area contributed by atoms with Crippen molar-refractivity contribution in [3.05, 3.63) is 59.0 Å². The van der Waals surface area contributed by atoms with Crippen LogP contribution in [0.2, 0.25) is 5.02 Å². The van der Waals surface area contributed by atoms with E-state index in [4.69, 9.17) is 16.0 Å². The van der Waals surface area contributed by atoms with Gasteiger partial charge in [0.15, 0.2) is 5.96 Å². The van der Waals surface area contributed by atoms with Gasteiger partial charge in [0.1, 0.15) is 12.3 Å². The third-order valence-corrected chi connectivity index (χ3v) is 4.47. The van der Waals surface area contributed by atoms with Crippen LogP contribution < -0.4 is 10.6 Å². The first kappa shape index (κ1) is 15.9. The van der Waals surface area contributed by atoms with Crippen LogP contribution in [0.3, 0.4) is 0 Å². The summed E-state index contributed by atoms with van der Waals surface area (Å²) in [6.45, 7) is 4.31. The lowest BCUT2D eigenvalue weighted by atomic mass is 9.96. The molecule has 0 unspecified atom stereocenters. The summed E-state index contributed by atoms with van der Waals surface area (Å²) in [5.41, 5.74) is 1.56. The molecule has 0 bridgehead atoms. The van der Waals surface area contributed by atoms with Crippen LogP contribution in [-0.4, -0.2) is 19.0 Å². The Morgan fingerprint density at radius 3 is 2.61 bits per heavy atom. The molecule has 23 heavy (non-hydrogen) atoms. The minimum atomic E-state index is 0.214. The Hall–Kier alpha value is -1.94. The Morgan fingerprint density at radius 1 is 1.22 bits per heavy atom. The molecular formula is C18H22ClN3O. The number of nitrogens with one attached hydrogen (secondary N) is 2. The van der Waals surface area contributed by atoms with Gasteiger partial charge in [-0.05, 0) is 49.6 Å². The first-order chi connectivity index (χ1) is 11.2. The van der Waals surface area contributed by atoms with E-state index >= 15 is 0 Å². The number of halogens is 1. The van der Waals surface area contributed by atoms with Gasteiger partial charge in [0.2, 0.25) is 0 Å². The predicted octanol–water partition coefficient (Wildman–Crippen LogP) is 3.72. The number of aliphatic imine (C=N–C) groups is 1. The van der Waals surface area contributed by atoms with E-state index in [9.17, 15) is 0 Å². The van der Waals surface area contributed by atoms with Gasteiger partial charge in [-0.2, -0.15) is 0 Å². The van der Waals surface area contributed by atoms with Gasteiger partial charge in [0.05, 0.1) is 6.26 Å². The van der Waals surface area contributed by atoms with Gasteiger partial charge in [-0.25, -0.2) is 4.99 Å². The summed E-state index contributed by atoms with van der Waals surface area (Å²) in [6, 6.07) is 12.0. The quantitative estimate of drug-likeness (QED) is 0.626. The second-order valence-electron chi connectivity index (χ2n) is 5.92. The number of furan rings is 1. The van der Waals surface area contributed by atoms with Crippen molar-refractivity contribution in [1.82, 2.24) is 10.6 Å². The lowest BCUT2D eigenvalue weighted by Gasteiger charge is -2.19. The maximum absolute atomic E-state index is 5.99. The number of nitrogens with zero attached hydrogens (tertiary/aromatic N) is 1. The topological polar surface area (TPSA) is 49.6 Å². The molecule has 0 radical (unpaired) electrons. The summed E-state index contributed by atoms with van der Waals surface area (Å²) in [7, 11) is 0. The molecule has 2 N–H and O–H groups in total. The maximum Gasteiger partial charge on any atom is 0.191 e. The van der Waals surface area contributed by atoms with Crippen molar-refractivity contribution in [2.45, 2.75) is 31.7 Å². The first-order valence-electron chi connectivity index (χ1n) is 8.02. The smallest absolute Gasteiger partial charge is 0.191 e. The summed E-state index contributed by atoms with van der Waals surface area (Å²) in [4.78, 5) is 4.57. The highest BCUT2D eigenvalue weighted by molar-refractivity contribution is 6.30. The van der Waals surface area contributed by atoms with Gasteiger partial charge < -0.3 is 15.1 Å². The minimum Gasteiger partial charge on any atom is -0.467 e. The van der Waals surface area contributed by atoms with Crippen LogP contribution in [0, 0.1) is 0 Å². The zero-order valence-corrected chi connectivity index (χ0v) is 14.1. The van der Waals surface area contributed by atoms with Gasteiger partial charge in [-0.15, -0.1) is 0 Å². The summed E-state index contributed by atoms with van der Waals surface area (Å²) in [6.07, 6.45) is 4.06. The van der Waals surface area contributed by atoms with Crippen LogP contribution in [0.5, 0.6) is 0 Å². The summed E-state index contributed by atoms with van der Waals surface area (Å²) < 4.78 is 5.33. The van der Waals surface area contributed by atoms with E-state index in [1.165, 1.54) is 18.4 Å². The van der Waals surface area contributed by atoms with Gasteiger partial charge in [0.25, 0.3) is 0 Å². The average molecular weight is 332 g/mol. The van der Waals surface area contributed by atoms with E-state index in [1.54, 1.807) is 6.26 Å². The molecule has 1 saturated carbocycles. The number of rotatable bonds is 6. The van der Waals surface area contributed by atoms with Crippen molar-refractivity contribution in [3.8, 4) is 0 Å². The molecule has 1 aliphatic carbocycles. The molecule has 1 aliphatic rings. The van der Waals surface area contributed by atoms with Crippen molar-refractivity contribution in [1.29, 1.82) is 0 Å². The molecule has 0 saturated heterocycles. The molecule has 2 aromatic rings. The van der Waals surface area contributed by atoms with Crippen LogP contribution in [-0.2, 0) is 12.0 Å². The van der Waals surface area contributed by atoms with Crippen molar-refractivity contribution in [3.63, 3.8) is 0 Å². The molecule has 3 rings (SSSR count). The van der Waals surface area contributed by atoms with E-state index in [2.05, 4.69) is 34.7 Å². The summed E-state index contributed by atoms with van der Waals surface area (Å²) in [5.74, 6) is 1.69. The van der Waals surface area contributed by atoms with Crippen LogP contribution in [0.25, 0.3) is 0 Å². The lowest BCUT2D eigenvalue weighted by molar-refractivity contribution is 0.511. The van der Waals surface area contributed by atoms with E-state index in [1.807, 2.05) is 24.3 Å². The van der Waals surface area contributed by atoms with Crippen LogP contribution in [0.15, 0.2) is 52.1 Å². The number of hydrogen-bond donors (Lipinski definition) is 2. The molecule has 0 aliphatic heterocycles. The molecule has 0 atom stereocenters. The van der Waals surface area contributed by atoms with E-state index in [-0.39, 0.29) is 5.41 Å². The predicted molar refractivity (Wildman–Crippen MR) is 93.9 cm³/mol. The number of guanidine groups is 1. The fourth-order valence-corrected chi connectivity index (χ4v) is 2.80. The average Bonchev–Trinajstić information content (AvgIpc) is 3.16. The molecule has 1 fully saturated rings. The molecule has 122 valence electrons. The fraction of sp³-hybridized carbons (Fsp3) is 0.389. The highest BCUT2D eigenvalue weighted by Crippen LogP contribution is 2.47. The van der Waals surface area contributed by atoms with Crippen LogP contribution in [0.1, 0.15) is 31.1 Å². The number of benzene rings is 1. The number of hydrogen-bond acceptors (Lipinski definition) is 2. The van der Waals surface area contributed by atoms with Gasteiger partial charge in [-0.3, -0.25) is 0 Å². The normalized spacial score (nSPS) is 16.2. The summed E-state index contributed by atoms with van der Waals surface area (Å²) in [5, 5.41) is 7.53. The van der Waals surface area contributed by atoms with Gasteiger partial charge >= 0.3 is 0 Å². The third kappa shape index (κ3) is 4.08. The highest BCUT2D eigenvalue weighted by atomic mass is 35.5. The molecule has 0 spiro atoms. The second-order valence-corrected chi connectivity index (χ2v) is 6.35. The van der Waals surface area contributed by atoms with E-state index < -0.39 is 0 Å². The third-order valence-electron chi connectivity index (χ3n) is 4.22. The molecule has 0 amide bonds. The van der Waals surface area contributed by atoms with Crippen molar-refractivity contribution in [2.75, 3.05) is 13.1 Å². The van der Waals surface area contributed by atoms with E-state index in [0.717, 1.165) is 29.8 Å². The first-order valence-corrected chi connectivity index (χ1v) is 8.40. The summed E-state index contributed by atoms with van der Waals surface area (Å²) >= 11 is 5.99. The molecular weight excluding hydrogens is 310 g/mol. The standard InChI is InChI=1S/C18H22ClN3O/c1-2-20-17(21-12-16-4-3-11-23-16)22-13-18(9-10-18)14-5-7-15(19)8-6-14/h3-8,11H,2,9-10,12-13H2,1H3,(H2,20,21,22). The largest absolute Gasteiger partial charge is 0.467 e. The maximum atomic E-state index is 5.99. The van der Waals surface area contributed by atoms with Gasteiger partial charge in [-0.1, -0.05) is 23.7 Å². The van der Waals surface area contributed by atoms with Crippen LogP contribution >= 0.6 is 11.6 Å². The van der Waals surface area contributed by atoms with Crippen molar-refractivity contribution in [2.24, 2.45) is 4.99 Å². The van der Waals surface area contributed by atoms with E-state index in [0.29, 0.717) is 6.54 Å². The van der Waals surface area contributed by atoms with Crippen LogP contribution in [0.4, 0.5) is 0 Å². The SMILES string of the molecule is CCNC(=NCc1ccco1)NCC1(c2ccc(Cl)cc2)CC1. The molecule has 4 nitrogen and oxygen atoms in total. The van der Waals surface area contributed by atoms with Gasteiger partial charge in [0, 0.05) is 23.5 Å².